The van der Waals surface area contributed by atoms with Gasteiger partial charge in [-0.3, -0.25) is 9.69 Å². The van der Waals surface area contributed by atoms with E-state index >= 15 is 0 Å². The van der Waals surface area contributed by atoms with E-state index in [-0.39, 0.29) is 5.91 Å². The molecule has 0 aromatic heterocycles. The number of piperidine rings is 1. The monoisotopic (exact) mass is 316 g/mol. The van der Waals surface area contributed by atoms with Crippen LogP contribution in [0.25, 0.3) is 0 Å². The van der Waals surface area contributed by atoms with Crippen LogP contribution in [0.5, 0.6) is 0 Å². The van der Waals surface area contributed by atoms with Gasteiger partial charge in [0.05, 0.1) is 0 Å². The summed E-state index contributed by atoms with van der Waals surface area (Å²) in [6.45, 7) is 4.10. The van der Waals surface area contributed by atoms with Gasteiger partial charge in [0.15, 0.2) is 0 Å². The van der Waals surface area contributed by atoms with Crippen LogP contribution < -0.4 is 5.32 Å². The molecule has 1 saturated heterocycles. The van der Waals surface area contributed by atoms with Crippen molar-refractivity contribution < 1.29 is 9.59 Å². The van der Waals surface area contributed by atoms with Crippen LogP contribution in [0, 0.1) is 5.92 Å². The van der Waals surface area contributed by atoms with Crippen LogP contribution in [0.1, 0.15) is 44.1 Å². The largest absolute Gasteiger partial charge is 0.356 e. The molecule has 126 valence electrons. The van der Waals surface area contributed by atoms with Gasteiger partial charge in [-0.25, -0.2) is 0 Å². The fourth-order valence-corrected chi connectivity index (χ4v) is 3.12. The van der Waals surface area contributed by atoms with Gasteiger partial charge in [0.1, 0.15) is 6.29 Å². The Labute approximate surface area is 139 Å². The van der Waals surface area contributed by atoms with Crippen molar-refractivity contribution in [2.75, 3.05) is 19.6 Å². The second kappa shape index (κ2) is 10.2. The fraction of sp³-hybridized carbons (Fsp3) is 0.579. The number of amides is 1. The molecule has 1 aromatic carbocycles. The van der Waals surface area contributed by atoms with Crippen molar-refractivity contribution in [1.29, 1.82) is 0 Å². The van der Waals surface area contributed by atoms with Crippen molar-refractivity contribution in [1.82, 2.24) is 10.2 Å². The zero-order chi connectivity index (χ0) is 16.3. The Morgan fingerprint density at radius 3 is 2.65 bits per heavy atom. The van der Waals surface area contributed by atoms with E-state index in [0.717, 1.165) is 44.8 Å². The highest BCUT2D eigenvalue weighted by Gasteiger charge is 2.19. The Balaban J connectivity index is 1.56. The number of unbranched alkanes of at least 4 members (excludes halogenated alkanes) is 1. The summed E-state index contributed by atoms with van der Waals surface area (Å²) in [4.78, 5) is 24.3. The number of hydrogen-bond donors (Lipinski definition) is 1. The number of hydrogen-bond acceptors (Lipinski definition) is 3. The highest BCUT2D eigenvalue weighted by molar-refractivity contribution is 5.76. The van der Waals surface area contributed by atoms with E-state index in [1.54, 1.807) is 0 Å². The zero-order valence-corrected chi connectivity index (χ0v) is 13.9. The van der Waals surface area contributed by atoms with E-state index in [2.05, 4.69) is 40.5 Å². The van der Waals surface area contributed by atoms with Crippen molar-refractivity contribution in [3.05, 3.63) is 35.9 Å². The van der Waals surface area contributed by atoms with Crippen molar-refractivity contribution in [2.45, 2.75) is 45.1 Å². The second-order valence-electron chi connectivity index (χ2n) is 6.40. The van der Waals surface area contributed by atoms with Gasteiger partial charge in [0.25, 0.3) is 0 Å². The second-order valence-corrected chi connectivity index (χ2v) is 6.40. The minimum atomic E-state index is 0.0772. The standard InChI is InChI=1S/C19H28N2O2/c22-15-5-4-8-19(23)20-12-9-17-10-13-21(14-11-17)16-18-6-2-1-3-7-18/h1-3,6-7,15,17H,4-5,8-14,16H2,(H,20,23). The number of benzene rings is 1. The third kappa shape index (κ3) is 6.95. The van der Waals surface area contributed by atoms with Crippen molar-refractivity contribution >= 4 is 12.2 Å². The van der Waals surface area contributed by atoms with Crippen LogP contribution in [0.4, 0.5) is 0 Å². The molecular weight excluding hydrogens is 288 g/mol. The number of likely N-dealkylation sites (tertiary alicyclic amines) is 1. The predicted octanol–water partition coefficient (Wildman–Crippen LogP) is 2.77. The Morgan fingerprint density at radius 1 is 1.22 bits per heavy atom. The molecule has 0 atom stereocenters. The van der Waals surface area contributed by atoms with E-state index in [1.165, 1.54) is 18.4 Å². The molecule has 23 heavy (non-hydrogen) atoms. The van der Waals surface area contributed by atoms with Gasteiger partial charge in [-0.15, -0.1) is 0 Å². The summed E-state index contributed by atoms with van der Waals surface area (Å²) in [5.41, 5.74) is 1.38. The third-order valence-corrected chi connectivity index (χ3v) is 4.56. The van der Waals surface area contributed by atoms with Gasteiger partial charge in [0.2, 0.25) is 5.91 Å². The molecule has 0 spiro atoms. The summed E-state index contributed by atoms with van der Waals surface area (Å²) in [6.07, 6.45) is 5.98. The van der Waals surface area contributed by atoms with Gasteiger partial charge < -0.3 is 10.1 Å². The van der Waals surface area contributed by atoms with Crippen LogP contribution in [-0.2, 0) is 16.1 Å². The summed E-state index contributed by atoms with van der Waals surface area (Å²) >= 11 is 0. The summed E-state index contributed by atoms with van der Waals surface area (Å²) < 4.78 is 0. The van der Waals surface area contributed by atoms with Gasteiger partial charge in [0, 0.05) is 25.9 Å². The third-order valence-electron chi connectivity index (χ3n) is 4.56. The molecule has 0 aliphatic carbocycles. The zero-order valence-electron chi connectivity index (χ0n) is 13.9. The molecule has 1 amide bonds. The van der Waals surface area contributed by atoms with E-state index in [0.29, 0.717) is 19.3 Å². The molecule has 1 N–H and O–H groups in total. The van der Waals surface area contributed by atoms with Gasteiger partial charge >= 0.3 is 0 Å². The first-order chi connectivity index (χ1) is 11.3. The average Bonchev–Trinajstić information content (AvgIpc) is 2.58. The van der Waals surface area contributed by atoms with Crippen LogP contribution in [0.15, 0.2) is 30.3 Å². The lowest BCUT2D eigenvalue weighted by molar-refractivity contribution is -0.121. The molecule has 1 aromatic rings. The molecule has 2 rings (SSSR count). The SMILES string of the molecule is O=CCCCC(=O)NCCC1CCN(Cc2ccccc2)CC1. The number of nitrogens with zero attached hydrogens (tertiary/aromatic N) is 1. The lowest BCUT2D eigenvalue weighted by Crippen LogP contribution is -2.34. The maximum Gasteiger partial charge on any atom is 0.220 e. The molecule has 0 unspecified atom stereocenters. The van der Waals surface area contributed by atoms with E-state index < -0.39 is 0 Å². The summed E-state index contributed by atoms with van der Waals surface area (Å²) in [5.74, 6) is 0.797. The van der Waals surface area contributed by atoms with E-state index in [4.69, 9.17) is 0 Å². The van der Waals surface area contributed by atoms with Gasteiger partial charge in [-0.2, -0.15) is 0 Å². The number of aldehydes is 1. The predicted molar refractivity (Wildman–Crippen MR) is 92.0 cm³/mol. The van der Waals surface area contributed by atoms with E-state index in [1.807, 2.05) is 0 Å². The highest BCUT2D eigenvalue weighted by Crippen LogP contribution is 2.21. The highest BCUT2D eigenvalue weighted by atomic mass is 16.1. The quantitative estimate of drug-likeness (QED) is 0.563. The molecule has 4 nitrogen and oxygen atoms in total. The Hall–Kier alpha value is -1.68. The Morgan fingerprint density at radius 2 is 1.96 bits per heavy atom. The number of nitrogens with one attached hydrogen (secondary N) is 1. The first-order valence-electron chi connectivity index (χ1n) is 8.74. The Bertz CT molecular complexity index is 468. The maximum absolute atomic E-state index is 11.6. The Kier molecular flexibility index (Phi) is 7.81. The topological polar surface area (TPSA) is 49.4 Å². The molecule has 1 aliphatic heterocycles. The molecule has 1 fully saturated rings. The van der Waals surface area contributed by atoms with Crippen LogP contribution in [-0.4, -0.2) is 36.7 Å². The lowest BCUT2D eigenvalue weighted by Gasteiger charge is -2.32. The van der Waals surface area contributed by atoms with Gasteiger partial charge in [-0.1, -0.05) is 30.3 Å². The molecule has 0 saturated carbocycles. The van der Waals surface area contributed by atoms with Crippen molar-refractivity contribution in [3.8, 4) is 0 Å². The summed E-state index contributed by atoms with van der Waals surface area (Å²) in [7, 11) is 0. The fourth-order valence-electron chi connectivity index (χ4n) is 3.12. The molecule has 0 bridgehead atoms. The van der Waals surface area contributed by atoms with Crippen molar-refractivity contribution in [2.24, 2.45) is 5.92 Å². The summed E-state index contributed by atoms with van der Waals surface area (Å²) in [5, 5.41) is 2.97. The molecule has 4 heteroatoms. The molecule has 0 radical (unpaired) electrons. The summed E-state index contributed by atoms with van der Waals surface area (Å²) in [6, 6.07) is 10.6. The first-order valence-corrected chi connectivity index (χ1v) is 8.74. The number of carbonyl (C=O) groups is 2. The molecule has 1 heterocycles. The van der Waals surface area contributed by atoms with Crippen LogP contribution in [0.2, 0.25) is 0 Å². The van der Waals surface area contributed by atoms with Crippen LogP contribution in [0.3, 0.4) is 0 Å². The normalized spacial score (nSPS) is 16.2. The van der Waals surface area contributed by atoms with Crippen LogP contribution >= 0.6 is 0 Å². The molecule has 1 aliphatic rings. The molecular formula is C19H28N2O2. The maximum atomic E-state index is 11.6. The lowest BCUT2D eigenvalue weighted by atomic mass is 9.93. The average molecular weight is 316 g/mol. The minimum absolute atomic E-state index is 0.0772. The van der Waals surface area contributed by atoms with E-state index in [9.17, 15) is 9.59 Å². The van der Waals surface area contributed by atoms with Crippen molar-refractivity contribution in [3.63, 3.8) is 0 Å². The smallest absolute Gasteiger partial charge is 0.220 e. The number of rotatable bonds is 9. The minimum Gasteiger partial charge on any atom is -0.356 e. The first kappa shape index (κ1) is 17.7. The van der Waals surface area contributed by atoms with Gasteiger partial charge in [-0.05, 0) is 50.3 Å². The number of carbonyl (C=O) groups excluding carboxylic acids is 2.